The lowest BCUT2D eigenvalue weighted by Gasteiger charge is -2.73. The van der Waals surface area contributed by atoms with Gasteiger partial charge in [0.15, 0.2) is 0 Å². The maximum atomic E-state index is 11.9. The van der Waals surface area contributed by atoms with Crippen LogP contribution in [0.5, 0.6) is 0 Å². The van der Waals surface area contributed by atoms with Crippen LogP contribution in [-0.2, 0) is 9.53 Å². The fourth-order valence-corrected chi connectivity index (χ4v) is 11.7. The van der Waals surface area contributed by atoms with Crippen LogP contribution in [0.2, 0.25) is 0 Å². The third kappa shape index (κ3) is 3.08. The molecule has 10 atom stereocenters. The fraction of sp³-hybridized carbons (Fsp3) is 0.906. The molecule has 2 heteroatoms. The molecule has 34 heavy (non-hydrogen) atoms. The van der Waals surface area contributed by atoms with Crippen molar-refractivity contribution < 1.29 is 9.53 Å². The summed E-state index contributed by atoms with van der Waals surface area (Å²) in [5, 5.41) is 0. The molecule has 4 saturated carbocycles. The van der Waals surface area contributed by atoms with Gasteiger partial charge in [-0.3, -0.25) is 4.79 Å². The predicted molar refractivity (Wildman–Crippen MR) is 140 cm³/mol. The molecular formula is C32H52O2. The summed E-state index contributed by atoms with van der Waals surface area (Å²) in [5.74, 6) is 3.76. The number of hydrogen-bond acceptors (Lipinski definition) is 2. The van der Waals surface area contributed by atoms with E-state index in [9.17, 15) is 4.79 Å². The Hall–Kier alpha value is -0.790. The Morgan fingerprint density at radius 2 is 1.59 bits per heavy atom. The molecule has 5 aliphatic carbocycles. The van der Waals surface area contributed by atoms with E-state index >= 15 is 0 Å². The van der Waals surface area contributed by atoms with E-state index in [2.05, 4.69) is 61.5 Å². The van der Waals surface area contributed by atoms with Gasteiger partial charge in [0.05, 0.1) is 0 Å². The molecule has 0 heterocycles. The molecule has 192 valence electrons. The quantitative estimate of drug-likeness (QED) is 0.284. The molecule has 5 aliphatic rings. The Bertz CT molecular complexity index is 885. The highest BCUT2D eigenvalue weighted by Crippen LogP contribution is 2.76. The summed E-state index contributed by atoms with van der Waals surface area (Å²) in [7, 11) is 0. The predicted octanol–water partition coefficient (Wildman–Crippen LogP) is 8.60. The second-order valence-corrected chi connectivity index (χ2v) is 15.2. The molecule has 0 aromatic rings. The van der Waals surface area contributed by atoms with Crippen LogP contribution in [0.25, 0.3) is 0 Å². The summed E-state index contributed by atoms with van der Waals surface area (Å²) in [5.41, 5.74) is 3.43. The van der Waals surface area contributed by atoms with Gasteiger partial charge in [-0.25, -0.2) is 0 Å². The molecule has 2 nitrogen and oxygen atoms in total. The molecular weight excluding hydrogens is 416 g/mol. The van der Waals surface area contributed by atoms with Crippen molar-refractivity contribution in [1.82, 2.24) is 0 Å². The van der Waals surface area contributed by atoms with Crippen LogP contribution in [0.1, 0.15) is 120 Å². The summed E-state index contributed by atoms with van der Waals surface area (Å²) >= 11 is 0. The van der Waals surface area contributed by atoms with E-state index < -0.39 is 0 Å². The van der Waals surface area contributed by atoms with Crippen LogP contribution in [0.4, 0.5) is 0 Å². The van der Waals surface area contributed by atoms with Crippen molar-refractivity contribution in [2.75, 3.05) is 0 Å². The zero-order valence-corrected chi connectivity index (χ0v) is 23.7. The lowest BCUT2D eigenvalue weighted by molar-refractivity contribution is -0.252. The second kappa shape index (κ2) is 7.61. The molecule has 0 bridgehead atoms. The number of hydrogen-bond donors (Lipinski definition) is 0. The molecule has 5 rings (SSSR count). The van der Waals surface area contributed by atoms with Gasteiger partial charge in [0.1, 0.15) is 6.10 Å². The largest absolute Gasteiger partial charge is 0.462 e. The van der Waals surface area contributed by atoms with Crippen molar-refractivity contribution in [2.24, 2.45) is 56.7 Å². The van der Waals surface area contributed by atoms with Crippen molar-refractivity contribution in [3.63, 3.8) is 0 Å². The van der Waals surface area contributed by atoms with E-state index in [4.69, 9.17) is 4.74 Å². The van der Waals surface area contributed by atoms with Gasteiger partial charge in [0.25, 0.3) is 0 Å². The first-order chi connectivity index (χ1) is 15.7. The number of ether oxygens (including phenoxy) is 1. The molecule has 0 amide bonds. The van der Waals surface area contributed by atoms with Gasteiger partial charge in [-0.2, -0.15) is 0 Å². The third-order valence-corrected chi connectivity index (χ3v) is 13.8. The van der Waals surface area contributed by atoms with Gasteiger partial charge >= 0.3 is 5.97 Å². The van der Waals surface area contributed by atoms with E-state index in [1.54, 1.807) is 12.5 Å². The highest BCUT2D eigenvalue weighted by molar-refractivity contribution is 5.66. The highest BCUT2D eigenvalue weighted by Gasteiger charge is 2.69. The summed E-state index contributed by atoms with van der Waals surface area (Å²) in [6.45, 7) is 22.1. The summed E-state index contributed by atoms with van der Waals surface area (Å²) < 4.78 is 5.92. The fourth-order valence-electron chi connectivity index (χ4n) is 11.7. The highest BCUT2D eigenvalue weighted by atomic mass is 16.5. The number of esters is 1. The lowest BCUT2D eigenvalue weighted by Crippen LogP contribution is -2.67. The van der Waals surface area contributed by atoms with Gasteiger partial charge in [-0.15, -0.1) is 0 Å². The molecule has 0 radical (unpaired) electrons. The van der Waals surface area contributed by atoms with Crippen LogP contribution in [-0.4, -0.2) is 12.1 Å². The molecule has 4 fully saturated rings. The average molecular weight is 469 g/mol. The monoisotopic (exact) mass is 468 g/mol. The Labute approximate surface area is 210 Å². The molecule has 0 aliphatic heterocycles. The minimum Gasteiger partial charge on any atom is -0.462 e. The molecule has 1 unspecified atom stereocenters. The average Bonchev–Trinajstić information content (AvgIpc) is 2.74. The van der Waals surface area contributed by atoms with Gasteiger partial charge in [-0.05, 0) is 116 Å². The smallest absolute Gasteiger partial charge is 0.302 e. The summed E-state index contributed by atoms with van der Waals surface area (Å²) in [6.07, 6.45) is 14.5. The third-order valence-electron chi connectivity index (χ3n) is 13.8. The SMILES string of the molecule is CC(=O)OC1CC[C@]2(C)[C@H]3CC[C@@H]4[C@@H]5[C@@H](C)C(C)=CC[C@]5(C)CC[C@@]4(C)[C@]3(C)CC[C@H]2C1(C)C. The van der Waals surface area contributed by atoms with E-state index in [1.807, 2.05) is 0 Å². The lowest BCUT2D eigenvalue weighted by atomic mass is 9.31. The zero-order chi connectivity index (χ0) is 24.9. The maximum absolute atomic E-state index is 11.9. The van der Waals surface area contributed by atoms with Crippen LogP contribution in [0.3, 0.4) is 0 Å². The number of rotatable bonds is 1. The Morgan fingerprint density at radius 3 is 2.26 bits per heavy atom. The number of fused-ring (bicyclic) bond motifs is 7. The summed E-state index contributed by atoms with van der Waals surface area (Å²) in [6, 6.07) is 0. The van der Waals surface area contributed by atoms with Gasteiger partial charge in [0.2, 0.25) is 0 Å². The Kier molecular flexibility index (Phi) is 5.57. The minimum atomic E-state index is -0.105. The van der Waals surface area contributed by atoms with Crippen molar-refractivity contribution in [3.8, 4) is 0 Å². The van der Waals surface area contributed by atoms with Crippen molar-refractivity contribution >= 4 is 5.97 Å². The molecule has 0 spiro atoms. The number of carbonyl (C=O) groups excluding carboxylic acids is 1. The molecule has 0 saturated heterocycles. The van der Waals surface area contributed by atoms with Crippen molar-refractivity contribution in [1.29, 1.82) is 0 Å². The first-order valence-electron chi connectivity index (χ1n) is 14.5. The first-order valence-corrected chi connectivity index (χ1v) is 14.5. The first kappa shape index (κ1) is 24.9. The Morgan fingerprint density at radius 1 is 0.882 bits per heavy atom. The van der Waals surface area contributed by atoms with Crippen LogP contribution in [0.15, 0.2) is 11.6 Å². The topological polar surface area (TPSA) is 26.3 Å². The second-order valence-electron chi connectivity index (χ2n) is 15.2. The standard InChI is InChI=1S/C32H52O2/c1-20-12-15-29(6)18-19-31(8)23(27(29)21(20)2)10-11-25-30(7)16-14-26(34-22(3)33)28(4,5)24(30)13-17-32(25,31)9/h12,21,23-27H,10-11,13-19H2,1-9H3/t21-,23+,24-,25+,26?,27-,29+,30-,31+,32+/m0/s1. The Balaban J connectivity index is 1.50. The summed E-state index contributed by atoms with van der Waals surface area (Å²) in [4.78, 5) is 11.9. The van der Waals surface area contributed by atoms with E-state index in [0.29, 0.717) is 27.6 Å². The van der Waals surface area contributed by atoms with Gasteiger partial charge in [-0.1, -0.05) is 60.1 Å². The van der Waals surface area contributed by atoms with E-state index in [1.165, 1.54) is 51.4 Å². The van der Waals surface area contributed by atoms with E-state index in [-0.39, 0.29) is 17.5 Å². The normalized spacial score (nSPS) is 54.0. The molecule has 0 aromatic carbocycles. The van der Waals surface area contributed by atoms with Crippen LogP contribution in [0, 0.1) is 56.7 Å². The van der Waals surface area contributed by atoms with Crippen molar-refractivity contribution in [2.45, 2.75) is 126 Å². The number of carbonyl (C=O) groups is 1. The van der Waals surface area contributed by atoms with Crippen LogP contribution < -0.4 is 0 Å². The van der Waals surface area contributed by atoms with Gasteiger partial charge in [0, 0.05) is 12.3 Å². The number of allylic oxidation sites excluding steroid dienone is 2. The molecule has 0 N–H and O–H groups in total. The minimum absolute atomic E-state index is 0.0582. The van der Waals surface area contributed by atoms with Crippen LogP contribution >= 0.6 is 0 Å². The maximum Gasteiger partial charge on any atom is 0.302 e. The molecule has 0 aromatic heterocycles. The van der Waals surface area contributed by atoms with E-state index in [0.717, 1.165) is 30.1 Å². The van der Waals surface area contributed by atoms with Gasteiger partial charge < -0.3 is 4.74 Å². The zero-order valence-electron chi connectivity index (χ0n) is 23.7. The van der Waals surface area contributed by atoms with Crippen molar-refractivity contribution in [3.05, 3.63) is 11.6 Å².